The number of likely N-dealkylation sites (tertiary alicyclic amines) is 1. The number of nitrogens with zero attached hydrogens (tertiary/aromatic N) is 1. The Labute approximate surface area is 167 Å². The number of carbonyl (C=O) groups is 2. The Morgan fingerprint density at radius 1 is 1.00 bits per heavy atom. The van der Waals surface area contributed by atoms with Gasteiger partial charge in [-0.2, -0.15) is 0 Å². The van der Waals surface area contributed by atoms with Gasteiger partial charge in [0.05, 0.1) is 5.92 Å². The SMILES string of the molecule is CC(C)c1cccc(C(C)C)c1NC(=O)[C@H]1CC(=O)N(Cc2ccccc2)C1. The zero-order chi connectivity index (χ0) is 20.3. The molecule has 2 amide bonds. The smallest absolute Gasteiger partial charge is 0.229 e. The van der Waals surface area contributed by atoms with Crippen LogP contribution in [0, 0.1) is 5.92 Å². The van der Waals surface area contributed by atoms with E-state index in [0.29, 0.717) is 24.9 Å². The lowest BCUT2D eigenvalue weighted by Crippen LogP contribution is -2.28. The first kappa shape index (κ1) is 20.1. The molecular formula is C24H30N2O2. The van der Waals surface area contributed by atoms with Gasteiger partial charge in [0.1, 0.15) is 0 Å². The molecule has 0 bridgehead atoms. The second kappa shape index (κ2) is 8.59. The summed E-state index contributed by atoms with van der Waals surface area (Å²) in [5.74, 6) is 0.308. The molecule has 28 heavy (non-hydrogen) atoms. The van der Waals surface area contributed by atoms with Crippen molar-refractivity contribution in [3.8, 4) is 0 Å². The van der Waals surface area contributed by atoms with Gasteiger partial charge >= 0.3 is 0 Å². The van der Waals surface area contributed by atoms with Crippen LogP contribution in [0.5, 0.6) is 0 Å². The van der Waals surface area contributed by atoms with Gasteiger partial charge in [-0.1, -0.05) is 76.2 Å². The number of hydrogen-bond donors (Lipinski definition) is 1. The molecule has 4 heteroatoms. The van der Waals surface area contributed by atoms with Crippen molar-refractivity contribution in [1.29, 1.82) is 0 Å². The molecule has 1 heterocycles. The van der Waals surface area contributed by atoms with Crippen LogP contribution in [0.25, 0.3) is 0 Å². The first-order chi connectivity index (χ1) is 13.4. The maximum absolute atomic E-state index is 13.0. The van der Waals surface area contributed by atoms with E-state index in [0.717, 1.165) is 22.4 Å². The maximum Gasteiger partial charge on any atom is 0.229 e. The molecule has 0 aromatic heterocycles. The zero-order valence-electron chi connectivity index (χ0n) is 17.2. The molecule has 0 saturated carbocycles. The van der Waals surface area contributed by atoms with Crippen molar-refractivity contribution in [3.05, 3.63) is 65.2 Å². The number of benzene rings is 2. The Kier molecular flexibility index (Phi) is 6.18. The van der Waals surface area contributed by atoms with E-state index >= 15 is 0 Å². The van der Waals surface area contributed by atoms with Crippen LogP contribution in [0.4, 0.5) is 5.69 Å². The summed E-state index contributed by atoms with van der Waals surface area (Å²) in [6.07, 6.45) is 0.277. The average Bonchev–Trinajstić information content (AvgIpc) is 3.03. The normalized spacial score (nSPS) is 16.9. The summed E-state index contributed by atoms with van der Waals surface area (Å²) in [5.41, 5.74) is 4.30. The molecule has 0 unspecified atom stereocenters. The van der Waals surface area contributed by atoms with Crippen LogP contribution in [-0.4, -0.2) is 23.3 Å². The lowest BCUT2D eigenvalue weighted by atomic mass is 9.92. The fourth-order valence-corrected chi connectivity index (χ4v) is 3.83. The molecule has 2 aromatic carbocycles. The van der Waals surface area contributed by atoms with Crippen molar-refractivity contribution in [2.24, 2.45) is 5.92 Å². The first-order valence-electron chi connectivity index (χ1n) is 10.1. The molecule has 1 atom stereocenters. The molecule has 0 spiro atoms. The summed E-state index contributed by atoms with van der Waals surface area (Å²) in [6, 6.07) is 16.1. The van der Waals surface area contributed by atoms with E-state index in [1.54, 1.807) is 4.90 Å². The molecular weight excluding hydrogens is 348 g/mol. The number of hydrogen-bond acceptors (Lipinski definition) is 2. The second-order valence-corrected chi connectivity index (χ2v) is 8.27. The van der Waals surface area contributed by atoms with Crippen molar-refractivity contribution in [1.82, 2.24) is 4.90 Å². The van der Waals surface area contributed by atoms with Crippen LogP contribution in [-0.2, 0) is 16.1 Å². The molecule has 1 N–H and O–H groups in total. The molecule has 1 aliphatic heterocycles. The number of nitrogens with one attached hydrogen (secondary N) is 1. The number of carbonyl (C=O) groups excluding carboxylic acids is 2. The van der Waals surface area contributed by atoms with E-state index in [9.17, 15) is 9.59 Å². The van der Waals surface area contributed by atoms with Crippen molar-refractivity contribution >= 4 is 17.5 Å². The number of amides is 2. The highest BCUT2D eigenvalue weighted by Crippen LogP contribution is 2.33. The van der Waals surface area contributed by atoms with Crippen LogP contribution >= 0.6 is 0 Å². The Morgan fingerprint density at radius 3 is 2.18 bits per heavy atom. The third-order valence-corrected chi connectivity index (χ3v) is 5.42. The fraction of sp³-hybridized carbons (Fsp3) is 0.417. The quantitative estimate of drug-likeness (QED) is 0.775. The minimum absolute atomic E-state index is 0.0465. The topological polar surface area (TPSA) is 49.4 Å². The van der Waals surface area contributed by atoms with Gasteiger partial charge in [0.15, 0.2) is 0 Å². The molecule has 3 rings (SSSR count). The van der Waals surface area contributed by atoms with E-state index in [1.807, 2.05) is 30.3 Å². The first-order valence-corrected chi connectivity index (χ1v) is 10.1. The van der Waals surface area contributed by atoms with Crippen LogP contribution in [0.3, 0.4) is 0 Å². The van der Waals surface area contributed by atoms with Gasteiger partial charge in [-0.15, -0.1) is 0 Å². The van der Waals surface area contributed by atoms with Gasteiger partial charge in [0.2, 0.25) is 11.8 Å². The fourth-order valence-electron chi connectivity index (χ4n) is 3.83. The van der Waals surface area contributed by atoms with Gasteiger partial charge in [-0.05, 0) is 28.5 Å². The minimum Gasteiger partial charge on any atom is -0.338 e. The van der Waals surface area contributed by atoms with E-state index in [2.05, 4.69) is 51.2 Å². The number of rotatable bonds is 6. The minimum atomic E-state index is -0.309. The summed E-state index contributed by atoms with van der Waals surface area (Å²) in [7, 11) is 0. The predicted molar refractivity (Wildman–Crippen MR) is 113 cm³/mol. The molecule has 1 saturated heterocycles. The summed E-state index contributed by atoms with van der Waals surface area (Å²) in [6.45, 7) is 9.57. The highest BCUT2D eigenvalue weighted by molar-refractivity contribution is 5.98. The zero-order valence-corrected chi connectivity index (χ0v) is 17.2. The maximum atomic E-state index is 13.0. The van der Waals surface area contributed by atoms with Crippen molar-refractivity contribution in [3.63, 3.8) is 0 Å². The highest BCUT2D eigenvalue weighted by Gasteiger charge is 2.34. The van der Waals surface area contributed by atoms with Gasteiger partial charge in [0, 0.05) is 25.2 Å². The Bertz CT molecular complexity index is 817. The van der Waals surface area contributed by atoms with Crippen LogP contribution in [0.2, 0.25) is 0 Å². The van der Waals surface area contributed by atoms with Crippen LogP contribution < -0.4 is 5.32 Å². The largest absolute Gasteiger partial charge is 0.338 e. The Morgan fingerprint density at radius 2 is 1.61 bits per heavy atom. The lowest BCUT2D eigenvalue weighted by Gasteiger charge is -2.21. The summed E-state index contributed by atoms with van der Waals surface area (Å²) < 4.78 is 0. The van der Waals surface area contributed by atoms with Gasteiger partial charge in [-0.3, -0.25) is 9.59 Å². The summed E-state index contributed by atoms with van der Waals surface area (Å²) >= 11 is 0. The summed E-state index contributed by atoms with van der Waals surface area (Å²) in [5, 5.41) is 3.17. The van der Waals surface area contributed by atoms with Gasteiger partial charge in [-0.25, -0.2) is 0 Å². The van der Waals surface area contributed by atoms with E-state index in [1.165, 1.54) is 0 Å². The van der Waals surface area contributed by atoms with E-state index < -0.39 is 0 Å². The average molecular weight is 379 g/mol. The van der Waals surface area contributed by atoms with E-state index in [4.69, 9.17) is 0 Å². The van der Waals surface area contributed by atoms with Crippen molar-refractivity contribution < 1.29 is 9.59 Å². The van der Waals surface area contributed by atoms with Gasteiger partial charge in [0.25, 0.3) is 0 Å². The molecule has 2 aromatic rings. The monoisotopic (exact) mass is 378 g/mol. The Hall–Kier alpha value is -2.62. The molecule has 1 fully saturated rings. The molecule has 0 aliphatic carbocycles. The molecule has 0 radical (unpaired) electrons. The van der Waals surface area contributed by atoms with E-state index in [-0.39, 0.29) is 24.2 Å². The Balaban J connectivity index is 1.75. The third-order valence-electron chi connectivity index (χ3n) is 5.42. The van der Waals surface area contributed by atoms with Gasteiger partial charge < -0.3 is 10.2 Å². The molecule has 1 aliphatic rings. The molecule has 148 valence electrons. The van der Waals surface area contributed by atoms with Crippen LogP contribution in [0.1, 0.15) is 62.6 Å². The second-order valence-electron chi connectivity index (χ2n) is 8.27. The standard InChI is InChI=1S/C24H30N2O2/c1-16(2)20-11-8-12-21(17(3)4)23(20)25-24(28)19-13-22(27)26(15-19)14-18-9-6-5-7-10-18/h5-12,16-17,19H,13-15H2,1-4H3,(H,25,28)/t19-/m0/s1. The van der Waals surface area contributed by atoms with Crippen molar-refractivity contribution in [2.45, 2.75) is 52.5 Å². The summed E-state index contributed by atoms with van der Waals surface area (Å²) in [4.78, 5) is 27.2. The lowest BCUT2D eigenvalue weighted by molar-refractivity contribution is -0.128. The van der Waals surface area contributed by atoms with Crippen molar-refractivity contribution in [2.75, 3.05) is 11.9 Å². The number of para-hydroxylation sites is 1. The highest BCUT2D eigenvalue weighted by atomic mass is 16.2. The number of anilines is 1. The third kappa shape index (κ3) is 4.44. The van der Waals surface area contributed by atoms with Crippen LogP contribution in [0.15, 0.2) is 48.5 Å². The predicted octanol–water partition coefficient (Wildman–Crippen LogP) is 4.92. The molecule has 4 nitrogen and oxygen atoms in total.